The van der Waals surface area contributed by atoms with Gasteiger partial charge in [0.15, 0.2) is 0 Å². The van der Waals surface area contributed by atoms with Gasteiger partial charge in [-0.3, -0.25) is 4.90 Å². The van der Waals surface area contributed by atoms with Crippen molar-refractivity contribution < 1.29 is 4.74 Å². The second-order valence-electron chi connectivity index (χ2n) is 4.25. The highest BCUT2D eigenvalue weighted by molar-refractivity contribution is 4.78. The zero-order valence-electron chi connectivity index (χ0n) is 8.71. The molecule has 0 radical (unpaired) electrons. The molecule has 0 spiro atoms. The van der Waals surface area contributed by atoms with Crippen LogP contribution in [0.1, 0.15) is 34.1 Å². The fourth-order valence-corrected chi connectivity index (χ4v) is 1.88. The van der Waals surface area contributed by atoms with Crippen molar-refractivity contribution in [3.05, 3.63) is 0 Å². The van der Waals surface area contributed by atoms with Gasteiger partial charge < -0.3 is 4.74 Å². The Balaban J connectivity index is 2.54. The summed E-state index contributed by atoms with van der Waals surface area (Å²) in [5, 5.41) is 0. The van der Waals surface area contributed by atoms with E-state index in [4.69, 9.17) is 4.74 Å². The molecule has 1 saturated heterocycles. The van der Waals surface area contributed by atoms with Gasteiger partial charge in [-0.05, 0) is 26.2 Å². The SMILES string of the molecule is CC(C)C1CCOCN1C(C)C. The molecule has 0 aliphatic carbocycles. The molecule has 0 N–H and O–H groups in total. The minimum atomic E-state index is 0.609. The average molecular weight is 171 g/mol. The lowest BCUT2D eigenvalue weighted by Crippen LogP contribution is -2.48. The standard InChI is InChI=1S/C10H21NO/c1-8(2)10-5-6-12-7-11(10)9(3)4/h8-10H,5-7H2,1-4H3. The van der Waals surface area contributed by atoms with E-state index in [0.29, 0.717) is 6.04 Å². The van der Waals surface area contributed by atoms with Crippen LogP contribution in [0.5, 0.6) is 0 Å². The summed E-state index contributed by atoms with van der Waals surface area (Å²) in [7, 11) is 0. The molecule has 0 aromatic heterocycles. The molecule has 72 valence electrons. The molecule has 0 amide bonds. The Morgan fingerprint density at radius 2 is 1.92 bits per heavy atom. The van der Waals surface area contributed by atoms with Gasteiger partial charge in [0, 0.05) is 18.7 Å². The molecule has 1 aliphatic heterocycles. The highest BCUT2D eigenvalue weighted by Gasteiger charge is 2.26. The zero-order chi connectivity index (χ0) is 9.14. The lowest BCUT2D eigenvalue weighted by molar-refractivity contribution is -0.0755. The molecule has 0 bridgehead atoms. The molecule has 0 aromatic carbocycles. The molecule has 1 atom stereocenters. The predicted molar refractivity (Wildman–Crippen MR) is 51.0 cm³/mol. The van der Waals surface area contributed by atoms with Crippen molar-refractivity contribution in [2.24, 2.45) is 5.92 Å². The van der Waals surface area contributed by atoms with Crippen LogP contribution in [0.3, 0.4) is 0 Å². The fraction of sp³-hybridized carbons (Fsp3) is 1.00. The highest BCUT2D eigenvalue weighted by atomic mass is 16.5. The molecule has 1 heterocycles. The Kier molecular flexibility index (Phi) is 3.53. The van der Waals surface area contributed by atoms with E-state index in [0.717, 1.165) is 25.3 Å². The number of nitrogens with zero attached hydrogens (tertiary/aromatic N) is 1. The van der Waals surface area contributed by atoms with E-state index >= 15 is 0 Å². The maximum atomic E-state index is 5.45. The van der Waals surface area contributed by atoms with Crippen LogP contribution in [0.4, 0.5) is 0 Å². The van der Waals surface area contributed by atoms with Gasteiger partial charge in [0.05, 0.1) is 6.73 Å². The fourth-order valence-electron chi connectivity index (χ4n) is 1.88. The molecular formula is C10H21NO. The van der Waals surface area contributed by atoms with Gasteiger partial charge in [-0.1, -0.05) is 13.8 Å². The van der Waals surface area contributed by atoms with Crippen molar-refractivity contribution in [1.29, 1.82) is 0 Å². The van der Waals surface area contributed by atoms with Gasteiger partial charge in [-0.15, -0.1) is 0 Å². The molecule has 2 nitrogen and oxygen atoms in total. The van der Waals surface area contributed by atoms with E-state index in [1.165, 1.54) is 6.42 Å². The van der Waals surface area contributed by atoms with Gasteiger partial charge in [0.2, 0.25) is 0 Å². The van der Waals surface area contributed by atoms with Crippen LogP contribution >= 0.6 is 0 Å². The van der Waals surface area contributed by atoms with Crippen molar-refractivity contribution in [2.75, 3.05) is 13.3 Å². The second-order valence-corrected chi connectivity index (χ2v) is 4.25. The number of rotatable bonds is 2. The zero-order valence-corrected chi connectivity index (χ0v) is 8.71. The van der Waals surface area contributed by atoms with E-state index in [1.807, 2.05) is 0 Å². The maximum Gasteiger partial charge on any atom is 0.0994 e. The molecule has 2 heteroatoms. The largest absolute Gasteiger partial charge is 0.366 e. The normalized spacial score (nSPS) is 27.0. The Labute approximate surface area is 75.9 Å². The molecular weight excluding hydrogens is 150 g/mol. The monoisotopic (exact) mass is 171 g/mol. The molecule has 0 saturated carbocycles. The van der Waals surface area contributed by atoms with Gasteiger partial charge in [-0.25, -0.2) is 0 Å². The smallest absolute Gasteiger partial charge is 0.0994 e. The summed E-state index contributed by atoms with van der Waals surface area (Å²) in [6.45, 7) is 10.8. The van der Waals surface area contributed by atoms with Crippen molar-refractivity contribution in [1.82, 2.24) is 4.90 Å². The van der Waals surface area contributed by atoms with Crippen LogP contribution in [0.2, 0.25) is 0 Å². The summed E-state index contributed by atoms with van der Waals surface area (Å²) < 4.78 is 5.45. The molecule has 1 fully saturated rings. The van der Waals surface area contributed by atoms with E-state index in [2.05, 4.69) is 32.6 Å². The Morgan fingerprint density at radius 3 is 2.33 bits per heavy atom. The Bertz CT molecular complexity index is 118. The first-order valence-electron chi connectivity index (χ1n) is 4.96. The first kappa shape index (κ1) is 10.0. The first-order chi connectivity index (χ1) is 5.63. The lowest BCUT2D eigenvalue weighted by Gasteiger charge is -2.40. The molecule has 0 aromatic rings. The Hall–Kier alpha value is -0.0800. The molecule has 12 heavy (non-hydrogen) atoms. The van der Waals surface area contributed by atoms with Crippen LogP contribution in [-0.2, 0) is 4.74 Å². The van der Waals surface area contributed by atoms with E-state index < -0.39 is 0 Å². The van der Waals surface area contributed by atoms with Gasteiger partial charge in [-0.2, -0.15) is 0 Å². The Morgan fingerprint density at radius 1 is 1.25 bits per heavy atom. The van der Waals surface area contributed by atoms with Crippen LogP contribution in [0.15, 0.2) is 0 Å². The van der Waals surface area contributed by atoms with E-state index in [-0.39, 0.29) is 0 Å². The van der Waals surface area contributed by atoms with Crippen LogP contribution in [0, 0.1) is 5.92 Å². The van der Waals surface area contributed by atoms with Crippen molar-refractivity contribution in [3.63, 3.8) is 0 Å². The topological polar surface area (TPSA) is 12.5 Å². The van der Waals surface area contributed by atoms with Crippen molar-refractivity contribution in [3.8, 4) is 0 Å². The summed E-state index contributed by atoms with van der Waals surface area (Å²) in [6, 6.07) is 1.33. The van der Waals surface area contributed by atoms with Crippen LogP contribution in [-0.4, -0.2) is 30.3 Å². The van der Waals surface area contributed by atoms with Crippen molar-refractivity contribution in [2.45, 2.75) is 46.2 Å². The minimum Gasteiger partial charge on any atom is -0.366 e. The summed E-state index contributed by atoms with van der Waals surface area (Å²) in [5.41, 5.74) is 0. The number of hydrogen-bond donors (Lipinski definition) is 0. The third-order valence-corrected chi connectivity index (χ3v) is 2.66. The molecule has 1 aliphatic rings. The van der Waals surface area contributed by atoms with Crippen molar-refractivity contribution >= 4 is 0 Å². The van der Waals surface area contributed by atoms with Crippen LogP contribution < -0.4 is 0 Å². The highest BCUT2D eigenvalue weighted by Crippen LogP contribution is 2.20. The average Bonchev–Trinajstić information content (AvgIpc) is 2.04. The summed E-state index contributed by atoms with van der Waals surface area (Å²) >= 11 is 0. The minimum absolute atomic E-state index is 0.609. The quantitative estimate of drug-likeness (QED) is 0.631. The third-order valence-electron chi connectivity index (χ3n) is 2.66. The lowest BCUT2D eigenvalue weighted by atomic mass is 9.98. The summed E-state index contributed by atoms with van der Waals surface area (Å²) in [5.74, 6) is 0.747. The van der Waals surface area contributed by atoms with Gasteiger partial charge in [0.25, 0.3) is 0 Å². The van der Waals surface area contributed by atoms with E-state index in [1.54, 1.807) is 0 Å². The third kappa shape index (κ3) is 2.20. The summed E-state index contributed by atoms with van der Waals surface area (Å²) in [6.07, 6.45) is 1.19. The van der Waals surface area contributed by atoms with Gasteiger partial charge in [0.1, 0.15) is 0 Å². The second kappa shape index (κ2) is 4.24. The number of hydrogen-bond acceptors (Lipinski definition) is 2. The first-order valence-corrected chi connectivity index (χ1v) is 4.96. The summed E-state index contributed by atoms with van der Waals surface area (Å²) in [4.78, 5) is 2.45. The predicted octanol–water partition coefficient (Wildman–Crippen LogP) is 2.10. The van der Waals surface area contributed by atoms with E-state index in [9.17, 15) is 0 Å². The van der Waals surface area contributed by atoms with Gasteiger partial charge >= 0.3 is 0 Å². The molecule has 1 unspecified atom stereocenters. The number of ether oxygens (including phenoxy) is 1. The van der Waals surface area contributed by atoms with Crippen LogP contribution in [0.25, 0.3) is 0 Å². The molecule has 1 rings (SSSR count). The maximum absolute atomic E-state index is 5.45.